The zero-order chi connectivity index (χ0) is 22.1. The summed E-state index contributed by atoms with van der Waals surface area (Å²) in [6.45, 7) is 0. The molecule has 2 heterocycles. The van der Waals surface area contributed by atoms with Crippen LogP contribution in [-0.4, -0.2) is 26.7 Å². The molecule has 0 spiro atoms. The van der Waals surface area contributed by atoms with Crippen molar-refractivity contribution in [2.24, 2.45) is 0 Å². The summed E-state index contributed by atoms with van der Waals surface area (Å²) >= 11 is 3.27. The SMILES string of the molecule is O=C1C(=O)N(c2ccc(Br)cn2)[C@H](c2ccccc2[N+](=O)[O-])/C1=C(\O)c1ccccc1. The van der Waals surface area contributed by atoms with Crippen molar-refractivity contribution in [1.29, 1.82) is 0 Å². The zero-order valence-corrected chi connectivity index (χ0v) is 17.4. The van der Waals surface area contributed by atoms with Crippen LogP contribution in [0.4, 0.5) is 11.5 Å². The lowest BCUT2D eigenvalue weighted by atomic mass is 9.94. The van der Waals surface area contributed by atoms with Crippen LogP contribution in [0.15, 0.2) is 83.0 Å². The molecule has 4 rings (SSSR count). The van der Waals surface area contributed by atoms with Crippen molar-refractivity contribution in [3.63, 3.8) is 0 Å². The van der Waals surface area contributed by atoms with E-state index in [9.17, 15) is 24.8 Å². The third-order valence-electron chi connectivity index (χ3n) is 4.88. The van der Waals surface area contributed by atoms with Gasteiger partial charge in [-0.05, 0) is 34.1 Å². The van der Waals surface area contributed by atoms with E-state index in [4.69, 9.17) is 0 Å². The molecule has 1 N–H and O–H groups in total. The van der Waals surface area contributed by atoms with Gasteiger partial charge in [-0.2, -0.15) is 0 Å². The molecule has 8 nitrogen and oxygen atoms in total. The average molecular weight is 480 g/mol. The number of pyridine rings is 1. The molecule has 1 aromatic heterocycles. The molecule has 0 unspecified atom stereocenters. The largest absolute Gasteiger partial charge is 0.507 e. The summed E-state index contributed by atoms with van der Waals surface area (Å²) in [5.41, 5.74) is -0.118. The number of carbonyl (C=O) groups excluding carboxylic acids is 2. The molecule has 1 amide bonds. The van der Waals surface area contributed by atoms with E-state index in [-0.39, 0.29) is 22.6 Å². The average Bonchev–Trinajstić information content (AvgIpc) is 3.05. The number of anilines is 1. The normalized spacial score (nSPS) is 17.7. The molecule has 3 aromatic rings. The van der Waals surface area contributed by atoms with Crippen LogP contribution in [0.5, 0.6) is 0 Å². The van der Waals surface area contributed by atoms with Gasteiger partial charge in [0.05, 0.1) is 16.1 Å². The van der Waals surface area contributed by atoms with Gasteiger partial charge >= 0.3 is 5.91 Å². The fourth-order valence-corrected chi connectivity index (χ4v) is 3.74. The number of hydrogen-bond donors (Lipinski definition) is 1. The molecular weight excluding hydrogens is 466 g/mol. The fraction of sp³-hybridized carbons (Fsp3) is 0.0455. The Morgan fingerprint density at radius 2 is 1.71 bits per heavy atom. The molecule has 31 heavy (non-hydrogen) atoms. The summed E-state index contributed by atoms with van der Waals surface area (Å²) < 4.78 is 0.652. The van der Waals surface area contributed by atoms with Crippen LogP contribution in [0.25, 0.3) is 5.76 Å². The second kappa shape index (κ2) is 8.11. The summed E-state index contributed by atoms with van der Waals surface area (Å²) in [5, 5.41) is 22.7. The summed E-state index contributed by atoms with van der Waals surface area (Å²) in [7, 11) is 0. The van der Waals surface area contributed by atoms with E-state index >= 15 is 0 Å². The molecule has 154 valence electrons. The van der Waals surface area contributed by atoms with Gasteiger partial charge in [-0.15, -0.1) is 0 Å². The number of nitro benzene ring substituents is 1. The van der Waals surface area contributed by atoms with Gasteiger partial charge < -0.3 is 5.11 Å². The molecule has 2 aromatic carbocycles. The van der Waals surface area contributed by atoms with Crippen molar-refractivity contribution in [3.8, 4) is 0 Å². The van der Waals surface area contributed by atoms with E-state index in [1.165, 1.54) is 30.5 Å². The molecule has 0 saturated carbocycles. The molecular formula is C22H14BrN3O5. The highest BCUT2D eigenvalue weighted by Crippen LogP contribution is 2.44. The van der Waals surface area contributed by atoms with Crippen LogP contribution in [0.1, 0.15) is 17.2 Å². The van der Waals surface area contributed by atoms with Crippen molar-refractivity contribution in [3.05, 3.63) is 104 Å². The monoisotopic (exact) mass is 479 g/mol. The lowest BCUT2D eigenvalue weighted by molar-refractivity contribution is -0.385. The number of hydrogen-bond acceptors (Lipinski definition) is 6. The van der Waals surface area contributed by atoms with E-state index < -0.39 is 28.4 Å². The first-order chi connectivity index (χ1) is 14.9. The molecule has 0 bridgehead atoms. The van der Waals surface area contributed by atoms with E-state index in [2.05, 4.69) is 20.9 Å². The van der Waals surface area contributed by atoms with Gasteiger partial charge in [-0.25, -0.2) is 4.98 Å². The van der Waals surface area contributed by atoms with E-state index in [1.54, 1.807) is 42.5 Å². The Labute approximate surface area is 184 Å². The Morgan fingerprint density at radius 1 is 1.03 bits per heavy atom. The van der Waals surface area contributed by atoms with Gasteiger partial charge in [-0.3, -0.25) is 24.6 Å². The van der Waals surface area contributed by atoms with Crippen molar-refractivity contribution in [1.82, 2.24) is 4.98 Å². The van der Waals surface area contributed by atoms with Crippen LogP contribution in [-0.2, 0) is 9.59 Å². The number of nitro groups is 1. The number of aliphatic hydroxyl groups excluding tert-OH is 1. The standard InChI is InChI=1S/C22H14BrN3O5/c23-14-10-11-17(24-12-14)25-19(15-8-4-5-9-16(15)26(30)31)18(21(28)22(25)29)20(27)13-6-2-1-3-7-13/h1-12,19,27H/b20-18+/t19-/m1/s1. The van der Waals surface area contributed by atoms with E-state index in [0.29, 0.717) is 10.0 Å². The molecule has 1 atom stereocenters. The number of amides is 1. The first-order valence-corrected chi connectivity index (χ1v) is 9.90. The summed E-state index contributed by atoms with van der Waals surface area (Å²) in [4.78, 5) is 42.4. The topological polar surface area (TPSA) is 114 Å². The number of para-hydroxylation sites is 1. The van der Waals surface area contributed by atoms with Crippen LogP contribution in [0, 0.1) is 10.1 Å². The maximum absolute atomic E-state index is 13.0. The first kappa shape index (κ1) is 20.4. The van der Waals surface area contributed by atoms with Gasteiger partial charge in [0, 0.05) is 22.3 Å². The summed E-state index contributed by atoms with van der Waals surface area (Å²) in [6, 6.07) is 16.0. The van der Waals surface area contributed by atoms with Gasteiger partial charge in [0.1, 0.15) is 17.6 Å². The summed E-state index contributed by atoms with van der Waals surface area (Å²) in [5.74, 6) is -2.17. The number of nitrogens with zero attached hydrogens (tertiary/aromatic N) is 3. The number of Topliss-reactive ketones (excluding diaryl/α,β-unsaturated/α-hetero) is 1. The smallest absolute Gasteiger partial charge is 0.301 e. The maximum atomic E-state index is 13.0. The fourth-order valence-electron chi connectivity index (χ4n) is 3.51. The van der Waals surface area contributed by atoms with Crippen LogP contribution in [0.3, 0.4) is 0 Å². The minimum Gasteiger partial charge on any atom is -0.507 e. The number of carbonyl (C=O) groups is 2. The Kier molecular flexibility index (Phi) is 5.35. The van der Waals surface area contributed by atoms with Gasteiger partial charge in [-0.1, -0.05) is 42.5 Å². The number of ketones is 1. The summed E-state index contributed by atoms with van der Waals surface area (Å²) in [6.07, 6.45) is 1.45. The number of aliphatic hydroxyl groups is 1. The Balaban J connectivity index is 2.01. The van der Waals surface area contributed by atoms with Gasteiger partial charge in [0.25, 0.3) is 11.5 Å². The van der Waals surface area contributed by atoms with E-state index in [1.807, 2.05) is 0 Å². The predicted octanol–water partition coefficient (Wildman–Crippen LogP) is 4.38. The van der Waals surface area contributed by atoms with Gasteiger partial charge in [0.2, 0.25) is 0 Å². The second-order valence-electron chi connectivity index (χ2n) is 6.69. The quantitative estimate of drug-likeness (QED) is 0.195. The molecule has 1 saturated heterocycles. The minimum atomic E-state index is -1.23. The lowest BCUT2D eigenvalue weighted by Gasteiger charge is -2.24. The highest BCUT2D eigenvalue weighted by molar-refractivity contribution is 9.10. The maximum Gasteiger partial charge on any atom is 0.301 e. The highest BCUT2D eigenvalue weighted by atomic mass is 79.9. The second-order valence-corrected chi connectivity index (χ2v) is 7.60. The number of aromatic nitrogens is 1. The Hall–Kier alpha value is -3.85. The van der Waals surface area contributed by atoms with Crippen LogP contribution in [0.2, 0.25) is 0 Å². The van der Waals surface area contributed by atoms with Crippen molar-refractivity contribution < 1.29 is 19.6 Å². The zero-order valence-electron chi connectivity index (χ0n) is 15.8. The van der Waals surface area contributed by atoms with Crippen molar-refractivity contribution >= 4 is 44.9 Å². The first-order valence-electron chi connectivity index (χ1n) is 9.11. The van der Waals surface area contributed by atoms with Crippen LogP contribution < -0.4 is 4.90 Å². The van der Waals surface area contributed by atoms with Crippen molar-refractivity contribution in [2.75, 3.05) is 4.90 Å². The molecule has 0 radical (unpaired) electrons. The highest BCUT2D eigenvalue weighted by Gasteiger charge is 2.49. The molecule has 1 aliphatic heterocycles. The van der Waals surface area contributed by atoms with Gasteiger partial charge in [0.15, 0.2) is 0 Å². The lowest BCUT2D eigenvalue weighted by Crippen LogP contribution is -2.30. The van der Waals surface area contributed by atoms with Crippen LogP contribution >= 0.6 is 15.9 Å². The molecule has 1 fully saturated rings. The molecule has 1 aliphatic rings. The van der Waals surface area contributed by atoms with E-state index in [0.717, 1.165) is 4.90 Å². The number of benzene rings is 2. The van der Waals surface area contributed by atoms with Crippen molar-refractivity contribution in [2.45, 2.75) is 6.04 Å². The Morgan fingerprint density at radius 3 is 2.35 bits per heavy atom. The minimum absolute atomic E-state index is 0.0916. The predicted molar refractivity (Wildman–Crippen MR) is 116 cm³/mol. The third kappa shape index (κ3) is 3.59. The Bertz CT molecular complexity index is 1230. The third-order valence-corrected chi connectivity index (χ3v) is 5.35. The molecule has 0 aliphatic carbocycles. The number of halogens is 1. The number of rotatable bonds is 4. The molecule has 9 heteroatoms.